The quantitative estimate of drug-likeness (QED) is 0.399. The van der Waals surface area contributed by atoms with Crippen molar-refractivity contribution >= 4 is 17.5 Å². The second-order valence-electron chi connectivity index (χ2n) is 10.2. The van der Waals surface area contributed by atoms with E-state index in [1.807, 2.05) is 30.3 Å². The molecule has 38 heavy (non-hydrogen) atoms. The van der Waals surface area contributed by atoms with Gasteiger partial charge in [-0.3, -0.25) is 4.79 Å². The largest absolute Gasteiger partial charge is 0.480 e. The number of aliphatic hydroxyl groups is 2. The summed E-state index contributed by atoms with van der Waals surface area (Å²) in [6.45, 7) is 0.807. The molecule has 1 amide bonds. The SMILES string of the molecule is CNC(=O)c1cc2c(c(F)c1-c1c(Cl)c(F)cc3c1C[C@](c1ccccc1)([C@@H]1CCCN1)O3)[C@H](O)[C@@H](O)C2. The van der Waals surface area contributed by atoms with Gasteiger partial charge in [0.15, 0.2) is 5.60 Å². The maximum Gasteiger partial charge on any atom is 0.251 e. The van der Waals surface area contributed by atoms with Gasteiger partial charge in [0.05, 0.1) is 22.7 Å². The highest BCUT2D eigenvalue weighted by molar-refractivity contribution is 6.34. The van der Waals surface area contributed by atoms with Crippen LogP contribution in [0.25, 0.3) is 11.1 Å². The first-order valence-corrected chi connectivity index (χ1v) is 13.1. The minimum Gasteiger partial charge on any atom is -0.480 e. The molecule has 0 spiro atoms. The van der Waals surface area contributed by atoms with E-state index in [0.717, 1.165) is 24.9 Å². The summed E-state index contributed by atoms with van der Waals surface area (Å²) in [4.78, 5) is 13.0. The van der Waals surface area contributed by atoms with Gasteiger partial charge in [0.25, 0.3) is 5.91 Å². The number of nitrogens with one attached hydrogen (secondary N) is 2. The molecule has 4 N–H and O–H groups in total. The van der Waals surface area contributed by atoms with Crippen molar-refractivity contribution in [1.29, 1.82) is 0 Å². The van der Waals surface area contributed by atoms with E-state index in [9.17, 15) is 15.0 Å². The maximum absolute atomic E-state index is 16.4. The van der Waals surface area contributed by atoms with Gasteiger partial charge in [-0.2, -0.15) is 0 Å². The fraction of sp³-hybridized carbons (Fsp3) is 0.345. The zero-order valence-corrected chi connectivity index (χ0v) is 21.4. The summed E-state index contributed by atoms with van der Waals surface area (Å²) in [5.74, 6) is -2.09. The highest BCUT2D eigenvalue weighted by atomic mass is 35.5. The number of amides is 1. The number of fused-ring (bicyclic) bond motifs is 2. The van der Waals surface area contributed by atoms with Crippen LogP contribution in [0.3, 0.4) is 0 Å². The average molecular weight is 541 g/mol. The molecular weight excluding hydrogens is 514 g/mol. The van der Waals surface area contributed by atoms with Crippen molar-refractivity contribution in [1.82, 2.24) is 10.6 Å². The summed E-state index contributed by atoms with van der Waals surface area (Å²) in [7, 11) is 1.41. The number of aliphatic hydroxyl groups excluding tert-OH is 2. The van der Waals surface area contributed by atoms with E-state index in [0.29, 0.717) is 11.1 Å². The maximum atomic E-state index is 16.4. The van der Waals surface area contributed by atoms with E-state index in [1.165, 1.54) is 19.2 Å². The molecule has 9 heteroatoms. The number of hydrogen-bond acceptors (Lipinski definition) is 5. The van der Waals surface area contributed by atoms with E-state index in [2.05, 4.69) is 10.6 Å². The molecule has 0 radical (unpaired) electrons. The van der Waals surface area contributed by atoms with E-state index in [-0.39, 0.29) is 51.9 Å². The molecule has 6 nitrogen and oxygen atoms in total. The summed E-state index contributed by atoms with van der Waals surface area (Å²) >= 11 is 6.56. The number of carbonyl (C=O) groups is 1. The van der Waals surface area contributed by atoms with Gasteiger partial charge in [0, 0.05) is 48.2 Å². The Labute approximate surface area is 223 Å². The minimum absolute atomic E-state index is 0.0136. The Morgan fingerprint density at radius 3 is 2.63 bits per heavy atom. The standard InChI is InChI=1S/C29H27ClF2N2O4/c1-33-28(37)16-10-14-11-19(35)27(36)22(14)26(32)24(16)23-17-13-29(21-8-5-9-34-21,15-6-3-2-4-7-15)38-20(17)12-18(31)25(23)30/h2-4,6-7,10,12,19,21,27,34-36H,5,8-9,11,13H2,1H3,(H,33,37)/t19-,21-,27+,29-/m0/s1. The van der Waals surface area contributed by atoms with E-state index < -0.39 is 35.4 Å². The molecule has 6 rings (SSSR count). The van der Waals surface area contributed by atoms with Crippen molar-refractivity contribution in [2.75, 3.05) is 13.6 Å². The number of halogens is 3. The molecule has 0 bridgehead atoms. The molecule has 0 aromatic heterocycles. The van der Waals surface area contributed by atoms with E-state index in [4.69, 9.17) is 16.3 Å². The number of rotatable bonds is 4. The van der Waals surface area contributed by atoms with Crippen LogP contribution < -0.4 is 15.4 Å². The monoisotopic (exact) mass is 540 g/mol. The van der Waals surface area contributed by atoms with Crippen LogP contribution in [0, 0.1) is 11.6 Å². The van der Waals surface area contributed by atoms with Gasteiger partial charge in [-0.15, -0.1) is 0 Å². The molecule has 3 aromatic carbocycles. The predicted octanol–water partition coefficient (Wildman–Crippen LogP) is 4.18. The second-order valence-corrected chi connectivity index (χ2v) is 10.6. The number of ether oxygens (including phenoxy) is 1. The zero-order valence-electron chi connectivity index (χ0n) is 20.7. The molecule has 3 aromatic rings. The minimum atomic E-state index is -1.48. The van der Waals surface area contributed by atoms with Crippen molar-refractivity contribution in [3.05, 3.63) is 86.9 Å². The van der Waals surface area contributed by atoms with Crippen LogP contribution in [0.1, 0.15) is 51.6 Å². The Kier molecular flexibility index (Phi) is 6.18. The normalized spacial score (nSPS) is 25.7. The van der Waals surface area contributed by atoms with Crippen LogP contribution in [-0.4, -0.2) is 41.9 Å². The van der Waals surface area contributed by atoms with Gasteiger partial charge < -0.3 is 25.6 Å². The molecule has 3 aliphatic rings. The summed E-state index contributed by atoms with van der Waals surface area (Å²) in [6, 6.07) is 12.2. The third-order valence-corrected chi connectivity index (χ3v) is 8.47. The lowest BCUT2D eigenvalue weighted by atomic mass is 9.80. The van der Waals surface area contributed by atoms with Gasteiger partial charge in [-0.1, -0.05) is 41.9 Å². The molecule has 2 aliphatic heterocycles. The summed E-state index contributed by atoms with van der Waals surface area (Å²) in [5.41, 5.74) is 0.412. The zero-order chi connectivity index (χ0) is 26.8. The fourth-order valence-corrected chi connectivity index (χ4v) is 6.58. The molecule has 1 saturated heterocycles. The highest BCUT2D eigenvalue weighted by Gasteiger charge is 2.50. The van der Waals surface area contributed by atoms with Gasteiger partial charge in [0.2, 0.25) is 0 Å². The van der Waals surface area contributed by atoms with Gasteiger partial charge in [0.1, 0.15) is 23.5 Å². The Balaban J connectivity index is 1.61. The average Bonchev–Trinajstić information content (AvgIpc) is 3.65. The molecule has 198 valence electrons. The van der Waals surface area contributed by atoms with Crippen LogP contribution in [0.2, 0.25) is 5.02 Å². The molecule has 1 aliphatic carbocycles. The Morgan fingerprint density at radius 2 is 1.95 bits per heavy atom. The Morgan fingerprint density at radius 1 is 1.18 bits per heavy atom. The lowest BCUT2D eigenvalue weighted by Crippen LogP contribution is -2.48. The fourth-order valence-electron chi connectivity index (χ4n) is 6.32. The van der Waals surface area contributed by atoms with Gasteiger partial charge in [-0.05, 0) is 36.6 Å². The van der Waals surface area contributed by atoms with E-state index >= 15 is 8.78 Å². The molecule has 2 heterocycles. The lowest BCUT2D eigenvalue weighted by Gasteiger charge is -2.35. The Hall–Kier alpha value is -3.04. The van der Waals surface area contributed by atoms with Gasteiger partial charge >= 0.3 is 0 Å². The van der Waals surface area contributed by atoms with Crippen LogP contribution in [-0.2, 0) is 18.4 Å². The van der Waals surface area contributed by atoms with Crippen LogP contribution in [0.15, 0.2) is 42.5 Å². The number of carbonyl (C=O) groups excluding carboxylic acids is 1. The Bertz CT molecular complexity index is 1440. The van der Waals surface area contributed by atoms with Crippen molar-refractivity contribution < 1.29 is 28.5 Å². The van der Waals surface area contributed by atoms with Crippen LogP contribution >= 0.6 is 11.6 Å². The molecule has 0 saturated carbocycles. The lowest BCUT2D eigenvalue weighted by molar-refractivity contribution is 0.0309. The summed E-state index contributed by atoms with van der Waals surface area (Å²) in [5, 5.41) is 26.5. The molecular formula is C29H27ClF2N2O4. The van der Waals surface area contributed by atoms with Crippen LogP contribution in [0.4, 0.5) is 8.78 Å². The number of hydrogen-bond donors (Lipinski definition) is 4. The molecule has 0 unspecified atom stereocenters. The van der Waals surface area contributed by atoms with E-state index in [1.54, 1.807) is 0 Å². The first-order valence-electron chi connectivity index (χ1n) is 12.7. The predicted molar refractivity (Wildman–Crippen MR) is 138 cm³/mol. The van der Waals surface area contributed by atoms with Crippen molar-refractivity contribution in [3.63, 3.8) is 0 Å². The van der Waals surface area contributed by atoms with Crippen LogP contribution in [0.5, 0.6) is 5.75 Å². The summed E-state index contributed by atoms with van der Waals surface area (Å²) < 4.78 is 38.3. The first kappa shape index (κ1) is 25.2. The smallest absolute Gasteiger partial charge is 0.251 e. The second kappa shape index (κ2) is 9.31. The summed E-state index contributed by atoms with van der Waals surface area (Å²) in [6.07, 6.45) is -0.681. The number of benzene rings is 3. The first-order chi connectivity index (χ1) is 18.3. The highest BCUT2D eigenvalue weighted by Crippen LogP contribution is 2.53. The third kappa shape index (κ3) is 3.66. The van der Waals surface area contributed by atoms with Crippen molar-refractivity contribution in [3.8, 4) is 16.9 Å². The molecule has 1 fully saturated rings. The van der Waals surface area contributed by atoms with Gasteiger partial charge in [-0.25, -0.2) is 8.78 Å². The molecule has 4 atom stereocenters. The van der Waals surface area contributed by atoms with Crippen molar-refractivity contribution in [2.24, 2.45) is 0 Å². The topological polar surface area (TPSA) is 90.8 Å². The van der Waals surface area contributed by atoms with Crippen molar-refractivity contribution in [2.45, 2.75) is 49.5 Å². The third-order valence-electron chi connectivity index (χ3n) is 8.10.